The van der Waals surface area contributed by atoms with E-state index in [0.29, 0.717) is 11.7 Å². The molecule has 0 radical (unpaired) electrons. The number of benzene rings is 2. The number of anilines is 1. The summed E-state index contributed by atoms with van der Waals surface area (Å²) in [4.78, 5) is 0. The summed E-state index contributed by atoms with van der Waals surface area (Å²) in [6.07, 6.45) is 2.68. The first-order chi connectivity index (χ1) is 11.6. The van der Waals surface area contributed by atoms with Gasteiger partial charge in [0.25, 0.3) is 0 Å². The van der Waals surface area contributed by atoms with Crippen molar-refractivity contribution in [3.05, 3.63) is 72.3 Å². The van der Waals surface area contributed by atoms with Crippen LogP contribution in [0.3, 0.4) is 0 Å². The number of aryl methyl sites for hydroxylation is 1. The molecule has 0 bridgehead atoms. The topological polar surface area (TPSA) is 33.3 Å². The van der Waals surface area contributed by atoms with Crippen molar-refractivity contribution in [2.75, 3.05) is 11.9 Å². The lowest BCUT2D eigenvalue weighted by Crippen LogP contribution is -2.32. The molecule has 2 aromatic carbocycles. The Morgan fingerprint density at radius 2 is 1.83 bits per heavy atom. The molecular formula is C20H24N2OS. The van der Waals surface area contributed by atoms with Crippen LogP contribution in [0.2, 0.25) is 0 Å². The highest BCUT2D eigenvalue weighted by atomic mass is 32.1. The Morgan fingerprint density at radius 1 is 1.17 bits per heavy atom. The molecule has 0 aliphatic carbocycles. The summed E-state index contributed by atoms with van der Waals surface area (Å²) < 4.78 is 5.47. The maximum Gasteiger partial charge on any atom is 0.171 e. The molecule has 0 aliphatic heterocycles. The summed E-state index contributed by atoms with van der Waals surface area (Å²) in [7, 11) is 0. The van der Waals surface area contributed by atoms with Crippen molar-refractivity contribution in [3.8, 4) is 5.75 Å². The summed E-state index contributed by atoms with van der Waals surface area (Å²) >= 11 is 5.44. The van der Waals surface area contributed by atoms with Crippen molar-refractivity contribution in [1.82, 2.24) is 5.32 Å². The van der Waals surface area contributed by atoms with E-state index in [2.05, 4.69) is 55.3 Å². The minimum atomic E-state index is 0.195. The third kappa shape index (κ3) is 5.39. The van der Waals surface area contributed by atoms with E-state index in [-0.39, 0.29) is 6.04 Å². The highest BCUT2D eigenvalue weighted by molar-refractivity contribution is 7.80. The van der Waals surface area contributed by atoms with Crippen LogP contribution in [-0.2, 0) is 0 Å². The van der Waals surface area contributed by atoms with Gasteiger partial charge in [0, 0.05) is 5.69 Å². The van der Waals surface area contributed by atoms with E-state index in [4.69, 9.17) is 17.0 Å². The Labute approximate surface area is 149 Å². The second-order valence-electron chi connectivity index (χ2n) is 5.59. The number of ether oxygens (including phenoxy) is 1. The van der Waals surface area contributed by atoms with Gasteiger partial charge in [-0.2, -0.15) is 0 Å². The molecule has 0 unspecified atom stereocenters. The molecule has 0 spiro atoms. The second kappa shape index (κ2) is 9.08. The fourth-order valence-corrected chi connectivity index (χ4v) is 2.60. The van der Waals surface area contributed by atoms with Crippen molar-refractivity contribution in [1.29, 1.82) is 0 Å². The van der Waals surface area contributed by atoms with E-state index >= 15 is 0 Å². The van der Waals surface area contributed by atoms with Crippen LogP contribution in [0.4, 0.5) is 5.69 Å². The van der Waals surface area contributed by atoms with Crippen molar-refractivity contribution in [2.24, 2.45) is 0 Å². The van der Waals surface area contributed by atoms with Gasteiger partial charge in [-0.25, -0.2) is 0 Å². The average Bonchev–Trinajstić information content (AvgIpc) is 2.60. The zero-order valence-electron chi connectivity index (χ0n) is 14.2. The third-order valence-corrected chi connectivity index (χ3v) is 3.89. The van der Waals surface area contributed by atoms with Crippen LogP contribution in [0.5, 0.6) is 5.75 Å². The van der Waals surface area contributed by atoms with Gasteiger partial charge in [0.1, 0.15) is 12.4 Å². The van der Waals surface area contributed by atoms with E-state index in [1.165, 1.54) is 11.1 Å². The molecular weight excluding hydrogens is 316 g/mol. The summed E-state index contributed by atoms with van der Waals surface area (Å²) in [5.41, 5.74) is 3.42. The van der Waals surface area contributed by atoms with Crippen molar-refractivity contribution >= 4 is 23.0 Å². The predicted molar refractivity (Wildman–Crippen MR) is 106 cm³/mol. The molecule has 0 amide bonds. The van der Waals surface area contributed by atoms with Crippen LogP contribution in [-0.4, -0.2) is 11.7 Å². The second-order valence-corrected chi connectivity index (χ2v) is 6.00. The van der Waals surface area contributed by atoms with E-state index in [9.17, 15) is 0 Å². The van der Waals surface area contributed by atoms with E-state index in [1.54, 1.807) is 6.08 Å². The lowest BCUT2D eigenvalue weighted by Gasteiger charge is -2.20. The van der Waals surface area contributed by atoms with E-state index in [1.807, 2.05) is 24.3 Å². The molecule has 2 N–H and O–H groups in total. The first-order valence-corrected chi connectivity index (χ1v) is 8.51. The van der Waals surface area contributed by atoms with Crippen molar-refractivity contribution in [2.45, 2.75) is 26.3 Å². The fourth-order valence-electron chi connectivity index (χ4n) is 2.33. The number of rotatable bonds is 7. The fraction of sp³-hybridized carbons (Fsp3) is 0.250. The molecule has 126 valence electrons. The van der Waals surface area contributed by atoms with E-state index < -0.39 is 0 Å². The van der Waals surface area contributed by atoms with Gasteiger partial charge in [-0.15, -0.1) is 0 Å². The molecule has 1 atom stereocenters. The standard InChI is InChI=1S/C20H24N2OS/c1-4-14-23-18-12-10-17(11-13-18)21-20(24)22-19(5-2)16-8-6-15(3)7-9-16/h4,6-13,19H,1,5,14H2,2-3H3,(H2,21,22,24)/t19-/m1/s1. The summed E-state index contributed by atoms with van der Waals surface area (Å²) in [5.74, 6) is 0.811. The van der Waals surface area contributed by atoms with Crippen LogP contribution in [0.15, 0.2) is 61.2 Å². The lowest BCUT2D eigenvalue weighted by atomic mass is 10.0. The minimum absolute atomic E-state index is 0.195. The molecule has 0 saturated carbocycles. The average molecular weight is 340 g/mol. The molecule has 0 heterocycles. The SMILES string of the molecule is C=CCOc1ccc(NC(=S)N[C@H](CC)c2ccc(C)cc2)cc1. The quantitative estimate of drug-likeness (QED) is 0.549. The molecule has 3 nitrogen and oxygen atoms in total. The highest BCUT2D eigenvalue weighted by Crippen LogP contribution is 2.19. The normalized spacial score (nSPS) is 11.4. The van der Waals surface area contributed by atoms with Crippen molar-refractivity contribution in [3.63, 3.8) is 0 Å². The van der Waals surface area contributed by atoms with Gasteiger partial charge in [-0.3, -0.25) is 0 Å². The number of thiocarbonyl (C=S) groups is 1. The van der Waals surface area contributed by atoms with Crippen LogP contribution >= 0.6 is 12.2 Å². The van der Waals surface area contributed by atoms with E-state index in [0.717, 1.165) is 17.9 Å². The smallest absolute Gasteiger partial charge is 0.171 e. The molecule has 0 saturated heterocycles. The summed E-state index contributed by atoms with van der Waals surface area (Å²) in [6.45, 7) is 8.37. The van der Waals surface area contributed by atoms with Gasteiger partial charge in [0.2, 0.25) is 0 Å². The molecule has 2 rings (SSSR count). The Bertz CT molecular complexity index is 665. The van der Waals surface area contributed by atoms with Gasteiger partial charge >= 0.3 is 0 Å². The largest absolute Gasteiger partial charge is 0.490 e. The van der Waals surface area contributed by atoms with Gasteiger partial charge in [-0.05, 0) is 55.4 Å². The number of nitrogens with one attached hydrogen (secondary N) is 2. The maximum absolute atomic E-state index is 5.47. The zero-order chi connectivity index (χ0) is 17.4. The maximum atomic E-state index is 5.47. The molecule has 24 heavy (non-hydrogen) atoms. The van der Waals surface area contributed by atoms with Crippen LogP contribution < -0.4 is 15.4 Å². The minimum Gasteiger partial charge on any atom is -0.490 e. The molecule has 0 aromatic heterocycles. The summed E-state index contributed by atoms with van der Waals surface area (Å²) in [5, 5.41) is 7.20. The first kappa shape index (κ1) is 18.0. The molecule has 0 aliphatic rings. The van der Waals surface area contributed by atoms with Crippen molar-refractivity contribution < 1.29 is 4.74 Å². The Hall–Kier alpha value is -2.33. The Kier molecular flexibility index (Phi) is 6.82. The van der Waals surface area contributed by atoms with Crippen LogP contribution in [0.1, 0.15) is 30.5 Å². The van der Waals surface area contributed by atoms with Gasteiger partial charge in [-0.1, -0.05) is 49.4 Å². The zero-order valence-corrected chi connectivity index (χ0v) is 15.0. The van der Waals surface area contributed by atoms with Crippen LogP contribution in [0.25, 0.3) is 0 Å². The predicted octanol–water partition coefficient (Wildman–Crippen LogP) is 5.00. The summed E-state index contributed by atoms with van der Waals surface area (Å²) in [6, 6.07) is 16.4. The molecule has 4 heteroatoms. The lowest BCUT2D eigenvalue weighted by molar-refractivity contribution is 0.363. The van der Waals surface area contributed by atoms with Gasteiger partial charge < -0.3 is 15.4 Å². The monoisotopic (exact) mass is 340 g/mol. The molecule has 0 fully saturated rings. The van der Waals surface area contributed by atoms with Crippen LogP contribution in [0, 0.1) is 6.92 Å². The first-order valence-electron chi connectivity index (χ1n) is 8.10. The number of hydrogen-bond acceptors (Lipinski definition) is 2. The van der Waals surface area contributed by atoms with Gasteiger partial charge in [0.15, 0.2) is 5.11 Å². The van der Waals surface area contributed by atoms with Gasteiger partial charge in [0.05, 0.1) is 6.04 Å². The third-order valence-electron chi connectivity index (χ3n) is 3.67. The Morgan fingerprint density at radius 3 is 2.42 bits per heavy atom. The molecule has 2 aromatic rings. The number of hydrogen-bond donors (Lipinski definition) is 2. The Balaban J connectivity index is 1.93. The highest BCUT2D eigenvalue weighted by Gasteiger charge is 2.10.